The standard InChI is InChI=1S/C23H42N2O6/c1-8-9-15-29-19(26)16-18(24-13-11-10-12-14-24)17-25(20(27)30-22(2,3)4)21(28)31-23(5,6)7/h18H,8-17H2,1-7H3. The Hall–Kier alpha value is -1.83. The predicted octanol–water partition coefficient (Wildman–Crippen LogP) is 4.75. The summed E-state index contributed by atoms with van der Waals surface area (Å²) >= 11 is 0. The molecule has 0 spiro atoms. The van der Waals surface area contributed by atoms with Crippen molar-refractivity contribution in [3.8, 4) is 0 Å². The number of nitrogens with zero attached hydrogens (tertiary/aromatic N) is 2. The summed E-state index contributed by atoms with van der Waals surface area (Å²) in [5.41, 5.74) is -1.53. The quantitative estimate of drug-likeness (QED) is 0.305. The summed E-state index contributed by atoms with van der Waals surface area (Å²) in [5, 5.41) is 0. The fourth-order valence-electron chi connectivity index (χ4n) is 3.24. The topological polar surface area (TPSA) is 85.4 Å². The summed E-state index contributed by atoms with van der Waals surface area (Å²) in [6.07, 6.45) is 3.46. The molecule has 1 atom stereocenters. The number of esters is 1. The second-order valence-corrected chi connectivity index (χ2v) is 10.1. The van der Waals surface area contributed by atoms with Crippen LogP contribution in [0.2, 0.25) is 0 Å². The third-order valence-electron chi connectivity index (χ3n) is 4.69. The third kappa shape index (κ3) is 11.4. The van der Waals surface area contributed by atoms with Crippen molar-refractivity contribution in [3.05, 3.63) is 0 Å². The van der Waals surface area contributed by atoms with E-state index >= 15 is 0 Å². The lowest BCUT2D eigenvalue weighted by atomic mass is 10.1. The average molecular weight is 443 g/mol. The maximum Gasteiger partial charge on any atom is 0.419 e. The van der Waals surface area contributed by atoms with E-state index < -0.39 is 23.4 Å². The zero-order valence-electron chi connectivity index (χ0n) is 20.5. The maximum absolute atomic E-state index is 12.9. The van der Waals surface area contributed by atoms with Gasteiger partial charge in [0.05, 0.1) is 19.6 Å². The van der Waals surface area contributed by atoms with Gasteiger partial charge in [0.1, 0.15) is 11.2 Å². The van der Waals surface area contributed by atoms with Gasteiger partial charge in [0.15, 0.2) is 0 Å². The van der Waals surface area contributed by atoms with Crippen LogP contribution in [0.1, 0.15) is 87.0 Å². The molecule has 180 valence electrons. The second kappa shape index (κ2) is 12.3. The zero-order chi connectivity index (χ0) is 23.7. The molecule has 1 aliphatic rings. The van der Waals surface area contributed by atoms with Crippen LogP contribution in [-0.4, -0.2) is 71.4 Å². The molecular formula is C23H42N2O6. The Morgan fingerprint density at radius 2 is 1.42 bits per heavy atom. The predicted molar refractivity (Wildman–Crippen MR) is 119 cm³/mol. The number of piperidine rings is 1. The van der Waals surface area contributed by atoms with Crippen molar-refractivity contribution in [3.63, 3.8) is 0 Å². The molecule has 1 fully saturated rings. The van der Waals surface area contributed by atoms with Crippen molar-refractivity contribution < 1.29 is 28.6 Å². The van der Waals surface area contributed by atoms with Gasteiger partial charge < -0.3 is 14.2 Å². The minimum atomic E-state index is -0.775. The monoisotopic (exact) mass is 442 g/mol. The lowest BCUT2D eigenvalue weighted by Gasteiger charge is -2.37. The van der Waals surface area contributed by atoms with Gasteiger partial charge in [-0.25, -0.2) is 14.5 Å². The number of hydrogen-bond donors (Lipinski definition) is 0. The SMILES string of the molecule is CCCCOC(=O)CC(CN(C(=O)OC(C)(C)C)C(=O)OC(C)(C)C)N1CCCCC1. The average Bonchev–Trinajstić information content (AvgIpc) is 2.63. The lowest BCUT2D eigenvalue weighted by Crippen LogP contribution is -2.52. The highest BCUT2D eigenvalue weighted by Crippen LogP contribution is 2.20. The first-order chi connectivity index (χ1) is 14.3. The Kier molecular flexibility index (Phi) is 10.8. The molecule has 0 N–H and O–H groups in total. The first-order valence-electron chi connectivity index (χ1n) is 11.5. The number of unbranched alkanes of at least 4 members (excludes halogenated alkanes) is 1. The molecule has 0 aromatic rings. The van der Waals surface area contributed by atoms with E-state index in [-0.39, 0.29) is 25.0 Å². The van der Waals surface area contributed by atoms with Crippen molar-refractivity contribution >= 4 is 18.2 Å². The minimum Gasteiger partial charge on any atom is -0.466 e. The van der Waals surface area contributed by atoms with E-state index in [1.807, 2.05) is 6.92 Å². The Labute approximate surface area is 187 Å². The Morgan fingerprint density at radius 3 is 1.87 bits per heavy atom. The highest BCUT2D eigenvalue weighted by molar-refractivity contribution is 5.88. The third-order valence-corrected chi connectivity index (χ3v) is 4.69. The van der Waals surface area contributed by atoms with Crippen molar-refractivity contribution in [1.29, 1.82) is 0 Å². The molecule has 1 heterocycles. The molecule has 0 aliphatic carbocycles. The fraction of sp³-hybridized carbons (Fsp3) is 0.870. The highest BCUT2D eigenvalue weighted by Gasteiger charge is 2.35. The van der Waals surface area contributed by atoms with E-state index in [1.54, 1.807) is 41.5 Å². The number of rotatable bonds is 8. The Balaban J connectivity index is 3.04. The van der Waals surface area contributed by atoms with Crippen LogP contribution in [0.4, 0.5) is 9.59 Å². The van der Waals surface area contributed by atoms with E-state index in [0.717, 1.165) is 50.1 Å². The summed E-state index contributed by atoms with van der Waals surface area (Å²) in [6.45, 7) is 14.5. The van der Waals surface area contributed by atoms with Gasteiger partial charge >= 0.3 is 18.2 Å². The molecule has 0 aromatic heterocycles. The van der Waals surface area contributed by atoms with Crippen molar-refractivity contribution in [1.82, 2.24) is 9.80 Å². The van der Waals surface area contributed by atoms with Crippen molar-refractivity contribution in [2.75, 3.05) is 26.2 Å². The summed E-state index contributed by atoms with van der Waals surface area (Å²) in [7, 11) is 0. The van der Waals surface area contributed by atoms with Crippen LogP contribution in [-0.2, 0) is 19.0 Å². The number of amides is 2. The van der Waals surface area contributed by atoms with Crippen LogP contribution in [0.15, 0.2) is 0 Å². The van der Waals surface area contributed by atoms with Crippen LogP contribution in [0, 0.1) is 0 Å². The van der Waals surface area contributed by atoms with E-state index in [4.69, 9.17) is 14.2 Å². The molecule has 1 unspecified atom stereocenters. The molecule has 8 heteroatoms. The minimum absolute atomic E-state index is 0.00665. The van der Waals surface area contributed by atoms with Gasteiger partial charge in [-0.15, -0.1) is 0 Å². The summed E-state index contributed by atoms with van der Waals surface area (Å²) in [4.78, 5) is 41.3. The number of ether oxygens (including phenoxy) is 3. The molecule has 0 bridgehead atoms. The molecule has 0 radical (unpaired) electrons. The smallest absolute Gasteiger partial charge is 0.419 e. The normalized spacial score (nSPS) is 16.4. The van der Waals surface area contributed by atoms with Crippen LogP contribution in [0.3, 0.4) is 0 Å². The molecule has 8 nitrogen and oxygen atoms in total. The van der Waals surface area contributed by atoms with E-state index in [9.17, 15) is 14.4 Å². The van der Waals surface area contributed by atoms with Crippen LogP contribution in [0.5, 0.6) is 0 Å². The largest absolute Gasteiger partial charge is 0.466 e. The van der Waals surface area contributed by atoms with Crippen LogP contribution < -0.4 is 0 Å². The number of likely N-dealkylation sites (tertiary alicyclic amines) is 1. The summed E-state index contributed by atoms with van der Waals surface area (Å²) in [6, 6.07) is -0.352. The molecule has 0 aromatic carbocycles. The first-order valence-corrected chi connectivity index (χ1v) is 11.5. The van der Waals surface area contributed by atoms with Crippen molar-refractivity contribution in [2.24, 2.45) is 0 Å². The first kappa shape index (κ1) is 27.2. The van der Waals surface area contributed by atoms with Gasteiger partial charge in [0.25, 0.3) is 0 Å². The number of carbonyl (C=O) groups excluding carboxylic acids is 3. The number of hydrogen-bond acceptors (Lipinski definition) is 7. The Morgan fingerprint density at radius 1 is 0.903 bits per heavy atom. The molecule has 2 amide bonds. The van der Waals surface area contributed by atoms with Crippen LogP contribution >= 0.6 is 0 Å². The molecule has 1 rings (SSSR count). The second-order valence-electron chi connectivity index (χ2n) is 10.1. The van der Waals surface area contributed by atoms with E-state index in [0.29, 0.717) is 6.61 Å². The lowest BCUT2D eigenvalue weighted by molar-refractivity contribution is -0.145. The van der Waals surface area contributed by atoms with Crippen LogP contribution in [0.25, 0.3) is 0 Å². The van der Waals surface area contributed by atoms with Gasteiger partial charge in [-0.2, -0.15) is 0 Å². The molecule has 1 aliphatic heterocycles. The van der Waals surface area contributed by atoms with Gasteiger partial charge in [-0.3, -0.25) is 9.69 Å². The van der Waals surface area contributed by atoms with E-state index in [1.165, 1.54) is 0 Å². The van der Waals surface area contributed by atoms with E-state index in [2.05, 4.69) is 4.90 Å². The maximum atomic E-state index is 12.9. The summed E-state index contributed by atoms with van der Waals surface area (Å²) in [5.74, 6) is -0.322. The van der Waals surface area contributed by atoms with Gasteiger partial charge in [0.2, 0.25) is 0 Å². The molecule has 0 saturated carbocycles. The van der Waals surface area contributed by atoms with Gasteiger partial charge in [-0.05, 0) is 73.9 Å². The zero-order valence-corrected chi connectivity index (χ0v) is 20.5. The van der Waals surface area contributed by atoms with Gasteiger partial charge in [-0.1, -0.05) is 19.8 Å². The number of imide groups is 1. The summed E-state index contributed by atoms with van der Waals surface area (Å²) < 4.78 is 16.3. The Bertz CT molecular complexity index is 560. The highest BCUT2D eigenvalue weighted by atomic mass is 16.6. The van der Waals surface area contributed by atoms with Crippen molar-refractivity contribution in [2.45, 2.75) is 104 Å². The fourth-order valence-corrected chi connectivity index (χ4v) is 3.24. The number of carbonyl (C=O) groups is 3. The molecule has 1 saturated heterocycles. The van der Waals surface area contributed by atoms with Gasteiger partial charge in [0, 0.05) is 6.04 Å². The molecular weight excluding hydrogens is 400 g/mol. The molecule has 31 heavy (non-hydrogen) atoms.